The van der Waals surface area contributed by atoms with Crippen LogP contribution < -0.4 is 4.74 Å². The Labute approximate surface area is 170 Å². The molecule has 6 heteroatoms. The Bertz CT molecular complexity index is 930. The van der Waals surface area contributed by atoms with Crippen LogP contribution in [0.15, 0.2) is 65.2 Å². The molecule has 0 atom stereocenters. The number of nitrogens with zero attached hydrogens (tertiary/aromatic N) is 3. The zero-order chi connectivity index (χ0) is 20.1. The van der Waals surface area contributed by atoms with Crippen molar-refractivity contribution in [2.24, 2.45) is 0 Å². The molecule has 1 amide bonds. The van der Waals surface area contributed by atoms with Crippen LogP contribution in [0.25, 0.3) is 11.3 Å². The molecule has 0 aliphatic carbocycles. The van der Waals surface area contributed by atoms with Crippen molar-refractivity contribution in [2.45, 2.75) is 13.5 Å². The van der Waals surface area contributed by atoms with Crippen LogP contribution in [0.2, 0.25) is 0 Å². The fourth-order valence-electron chi connectivity index (χ4n) is 3.51. The quantitative estimate of drug-likeness (QED) is 0.641. The largest absolute Gasteiger partial charge is 0.494 e. The number of hydrogen-bond donors (Lipinski definition) is 0. The van der Waals surface area contributed by atoms with Crippen LogP contribution in [-0.4, -0.2) is 53.6 Å². The second-order valence-corrected chi connectivity index (χ2v) is 7.09. The van der Waals surface area contributed by atoms with Crippen molar-refractivity contribution >= 4 is 5.91 Å². The highest BCUT2D eigenvalue weighted by molar-refractivity contribution is 5.93. The fraction of sp³-hybridized carbons (Fsp3) is 0.304. The van der Waals surface area contributed by atoms with E-state index in [2.05, 4.69) is 34.3 Å². The van der Waals surface area contributed by atoms with Crippen LogP contribution in [-0.2, 0) is 6.54 Å². The molecule has 0 unspecified atom stereocenters. The first-order valence-electron chi connectivity index (χ1n) is 9.98. The Morgan fingerprint density at radius 3 is 2.45 bits per heavy atom. The third-order valence-electron chi connectivity index (χ3n) is 5.09. The summed E-state index contributed by atoms with van der Waals surface area (Å²) in [5.41, 5.74) is 2.52. The molecule has 0 bridgehead atoms. The third kappa shape index (κ3) is 4.66. The van der Waals surface area contributed by atoms with Crippen molar-refractivity contribution in [1.29, 1.82) is 0 Å². The molecule has 3 aromatic rings. The molecule has 1 aromatic heterocycles. The summed E-state index contributed by atoms with van der Waals surface area (Å²) in [7, 11) is 0. The van der Waals surface area contributed by atoms with Gasteiger partial charge in [0.05, 0.1) is 6.61 Å². The maximum Gasteiger partial charge on any atom is 0.276 e. The minimum Gasteiger partial charge on any atom is -0.494 e. The molecule has 0 spiro atoms. The summed E-state index contributed by atoms with van der Waals surface area (Å²) in [5.74, 6) is 1.31. The molecule has 0 saturated carbocycles. The van der Waals surface area contributed by atoms with Crippen molar-refractivity contribution in [3.63, 3.8) is 0 Å². The highest BCUT2D eigenvalue weighted by atomic mass is 16.5. The van der Waals surface area contributed by atoms with Crippen LogP contribution in [0.4, 0.5) is 0 Å². The molecule has 1 aliphatic rings. The number of carbonyl (C=O) groups is 1. The monoisotopic (exact) mass is 391 g/mol. The van der Waals surface area contributed by atoms with E-state index in [0.29, 0.717) is 31.2 Å². The summed E-state index contributed by atoms with van der Waals surface area (Å²) in [4.78, 5) is 17.0. The number of rotatable bonds is 6. The van der Waals surface area contributed by atoms with Gasteiger partial charge in [0.25, 0.3) is 5.91 Å². The lowest BCUT2D eigenvalue weighted by Crippen LogP contribution is -2.48. The molecule has 1 aliphatic heterocycles. The van der Waals surface area contributed by atoms with Gasteiger partial charge in [-0.25, -0.2) is 0 Å². The average molecular weight is 391 g/mol. The zero-order valence-corrected chi connectivity index (χ0v) is 16.6. The predicted molar refractivity (Wildman–Crippen MR) is 111 cm³/mol. The number of carbonyl (C=O) groups excluding carboxylic acids is 1. The van der Waals surface area contributed by atoms with Crippen molar-refractivity contribution in [1.82, 2.24) is 15.0 Å². The summed E-state index contributed by atoms with van der Waals surface area (Å²) in [5, 5.41) is 4.00. The topological polar surface area (TPSA) is 58.8 Å². The number of benzene rings is 2. The lowest BCUT2D eigenvalue weighted by Gasteiger charge is -2.34. The smallest absolute Gasteiger partial charge is 0.276 e. The minimum absolute atomic E-state index is 0.0784. The van der Waals surface area contributed by atoms with E-state index in [0.717, 1.165) is 30.9 Å². The second-order valence-electron chi connectivity index (χ2n) is 7.09. The van der Waals surface area contributed by atoms with E-state index in [1.54, 1.807) is 6.07 Å². The van der Waals surface area contributed by atoms with Crippen molar-refractivity contribution < 1.29 is 14.1 Å². The van der Waals surface area contributed by atoms with Gasteiger partial charge < -0.3 is 14.2 Å². The number of piperazine rings is 1. The van der Waals surface area contributed by atoms with Crippen LogP contribution >= 0.6 is 0 Å². The highest BCUT2D eigenvalue weighted by Gasteiger charge is 2.24. The zero-order valence-electron chi connectivity index (χ0n) is 16.6. The summed E-state index contributed by atoms with van der Waals surface area (Å²) >= 11 is 0. The van der Waals surface area contributed by atoms with Gasteiger partial charge in [0.1, 0.15) is 5.75 Å². The first-order chi connectivity index (χ1) is 14.2. The molecule has 6 nitrogen and oxygen atoms in total. The van der Waals surface area contributed by atoms with Crippen molar-refractivity contribution in [3.05, 3.63) is 71.9 Å². The first-order valence-corrected chi connectivity index (χ1v) is 9.98. The van der Waals surface area contributed by atoms with Gasteiger partial charge in [0, 0.05) is 44.4 Å². The van der Waals surface area contributed by atoms with E-state index in [1.807, 2.05) is 42.2 Å². The number of amides is 1. The fourth-order valence-corrected chi connectivity index (χ4v) is 3.51. The van der Waals surface area contributed by atoms with Gasteiger partial charge in [0.15, 0.2) is 11.5 Å². The summed E-state index contributed by atoms with van der Waals surface area (Å²) < 4.78 is 10.9. The Balaban J connectivity index is 1.34. The molecule has 2 aromatic carbocycles. The highest BCUT2D eigenvalue weighted by Crippen LogP contribution is 2.24. The number of ether oxygens (including phenoxy) is 1. The normalized spacial score (nSPS) is 14.7. The van der Waals surface area contributed by atoms with Gasteiger partial charge in [-0.3, -0.25) is 9.69 Å². The van der Waals surface area contributed by atoms with Gasteiger partial charge >= 0.3 is 0 Å². The third-order valence-corrected chi connectivity index (χ3v) is 5.09. The Hall–Kier alpha value is -3.12. The molecule has 2 heterocycles. The SMILES string of the molecule is CCOc1ccc(-c2cc(C(=O)N3CCN(Cc4ccccc4)CC3)no2)cc1. The first kappa shape index (κ1) is 19.2. The maximum atomic E-state index is 12.8. The van der Waals surface area contributed by atoms with Gasteiger partial charge in [-0.1, -0.05) is 35.5 Å². The van der Waals surface area contributed by atoms with Gasteiger partial charge in [-0.05, 0) is 36.8 Å². The lowest BCUT2D eigenvalue weighted by atomic mass is 10.1. The average Bonchev–Trinajstić information content (AvgIpc) is 3.26. The molecule has 1 saturated heterocycles. The van der Waals surface area contributed by atoms with Gasteiger partial charge in [-0.2, -0.15) is 0 Å². The molecular weight excluding hydrogens is 366 g/mol. The molecule has 4 rings (SSSR count). The second kappa shape index (κ2) is 8.92. The molecule has 150 valence electrons. The molecule has 0 N–H and O–H groups in total. The Morgan fingerprint density at radius 2 is 1.76 bits per heavy atom. The van der Waals surface area contributed by atoms with E-state index < -0.39 is 0 Å². The molecule has 0 radical (unpaired) electrons. The number of aromatic nitrogens is 1. The van der Waals surface area contributed by atoms with E-state index in [4.69, 9.17) is 9.26 Å². The van der Waals surface area contributed by atoms with E-state index in [1.165, 1.54) is 5.56 Å². The van der Waals surface area contributed by atoms with E-state index in [9.17, 15) is 4.79 Å². The molecular formula is C23H25N3O3. The standard InChI is InChI=1S/C23H25N3O3/c1-2-28-20-10-8-19(9-11-20)22-16-21(24-29-22)23(27)26-14-12-25(13-15-26)17-18-6-4-3-5-7-18/h3-11,16H,2,12-15,17H2,1H3. The van der Waals surface area contributed by atoms with Crippen molar-refractivity contribution in [3.8, 4) is 17.1 Å². The summed E-state index contributed by atoms with van der Waals surface area (Å²) in [6.07, 6.45) is 0. The molecule has 29 heavy (non-hydrogen) atoms. The summed E-state index contributed by atoms with van der Waals surface area (Å²) in [6.45, 7) is 6.57. The predicted octanol–water partition coefficient (Wildman–Crippen LogP) is 3.70. The molecule has 1 fully saturated rings. The Kier molecular flexibility index (Phi) is 5.91. The van der Waals surface area contributed by atoms with Crippen molar-refractivity contribution in [2.75, 3.05) is 32.8 Å². The van der Waals surface area contributed by atoms with Gasteiger partial charge in [-0.15, -0.1) is 0 Å². The minimum atomic E-state index is -0.0784. The Morgan fingerprint density at radius 1 is 1.03 bits per heavy atom. The summed E-state index contributed by atoms with van der Waals surface area (Å²) in [6, 6.07) is 19.7. The van der Waals surface area contributed by atoms with Crippen LogP contribution in [0.1, 0.15) is 23.0 Å². The van der Waals surface area contributed by atoms with Gasteiger partial charge in [0.2, 0.25) is 0 Å². The van der Waals surface area contributed by atoms with E-state index >= 15 is 0 Å². The maximum absolute atomic E-state index is 12.8. The van der Waals surface area contributed by atoms with Crippen LogP contribution in [0.3, 0.4) is 0 Å². The number of hydrogen-bond acceptors (Lipinski definition) is 5. The van der Waals surface area contributed by atoms with Crippen LogP contribution in [0, 0.1) is 0 Å². The lowest BCUT2D eigenvalue weighted by molar-refractivity contribution is 0.0618. The van der Waals surface area contributed by atoms with Crippen LogP contribution in [0.5, 0.6) is 5.75 Å². The van der Waals surface area contributed by atoms with E-state index in [-0.39, 0.29) is 5.91 Å².